The van der Waals surface area contributed by atoms with Gasteiger partial charge in [0.15, 0.2) is 0 Å². The molecule has 1 amide bonds. The first-order chi connectivity index (χ1) is 11.6. The first kappa shape index (κ1) is 21.3. The Labute approximate surface area is 151 Å². The number of carbonyl (C=O) groups excluding carboxylic acids is 1. The van der Waals surface area contributed by atoms with Gasteiger partial charge in [0, 0.05) is 6.04 Å². The van der Waals surface area contributed by atoms with Crippen LogP contribution in [0.5, 0.6) is 5.75 Å². The van der Waals surface area contributed by atoms with Crippen molar-refractivity contribution in [3.05, 3.63) is 24.3 Å². The number of hydrogen-bond donors (Lipinski definition) is 1. The topological polar surface area (TPSA) is 75.7 Å². The summed E-state index contributed by atoms with van der Waals surface area (Å²) in [7, 11) is -3.58. The number of hydrogen-bond acceptors (Lipinski definition) is 4. The molecule has 1 aromatic rings. The molecule has 1 rings (SSSR count). The quantitative estimate of drug-likeness (QED) is 0.725. The van der Waals surface area contributed by atoms with Crippen LogP contribution in [0.2, 0.25) is 0 Å². The third-order valence-corrected chi connectivity index (χ3v) is 5.03. The van der Waals surface area contributed by atoms with E-state index in [9.17, 15) is 13.2 Å². The molecule has 0 radical (unpaired) electrons. The molecule has 0 spiro atoms. The number of benzene rings is 1. The van der Waals surface area contributed by atoms with Gasteiger partial charge in [0.1, 0.15) is 12.3 Å². The molecule has 142 valence electrons. The summed E-state index contributed by atoms with van der Waals surface area (Å²) in [6.45, 7) is 10.3. The lowest BCUT2D eigenvalue weighted by atomic mass is 9.93. The molecule has 1 aromatic carbocycles. The maximum atomic E-state index is 12.4. The average molecular weight is 371 g/mol. The Bertz CT molecular complexity index is 646. The highest BCUT2D eigenvalue weighted by Gasteiger charge is 2.24. The molecule has 1 N–H and O–H groups in total. The molecule has 7 heteroatoms. The Kier molecular flexibility index (Phi) is 7.73. The molecule has 0 aromatic heterocycles. The smallest absolute Gasteiger partial charge is 0.241 e. The summed E-state index contributed by atoms with van der Waals surface area (Å²) in [5.74, 6) is 0.873. The van der Waals surface area contributed by atoms with Crippen LogP contribution >= 0.6 is 0 Å². The average Bonchev–Trinajstić information content (AvgIpc) is 2.50. The van der Waals surface area contributed by atoms with Crippen LogP contribution in [0.15, 0.2) is 24.3 Å². The lowest BCUT2D eigenvalue weighted by Crippen LogP contribution is -2.47. The molecular weight excluding hydrogens is 340 g/mol. The summed E-state index contributed by atoms with van der Waals surface area (Å²) in [5, 5.41) is 2.95. The van der Waals surface area contributed by atoms with Crippen LogP contribution < -0.4 is 14.4 Å². The van der Waals surface area contributed by atoms with Gasteiger partial charge in [-0.2, -0.15) is 0 Å². The Morgan fingerprint density at radius 1 is 1.12 bits per heavy atom. The zero-order chi connectivity index (χ0) is 19.2. The van der Waals surface area contributed by atoms with Crippen LogP contribution in [0.3, 0.4) is 0 Å². The fraction of sp³-hybridized carbons (Fsp3) is 0.611. The van der Waals surface area contributed by atoms with Crippen molar-refractivity contribution in [2.24, 2.45) is 11.8 Å². The number of rotatable bonds is 9. The fourth-order valence-corrected chi connectivity index (χ4v) is 3.60. The van der Waals surface area contributed by atoms with Gasteiger partial charge in [-0.25, -0.2) is 8.42 Å². The standard InChI is InChI=1S/C18H30N2O4S/c1-7-24-16-10-8-15(9-11-16)20(25(6,22)23)12-17(21)19-18(13(2)3)14(4)5/h8-11,13-14,18H,7,12H2,1-6H3,(H,19,21). The van der Waals surface area contributed by atoms with Crippen molar-refractivity contribution in [1.82, 2.24) is 5.32 Å². The van der Waals surface area contributed by atoms with Crippen molar-refractivity contribution in [2.45, 2.75) is 40.7 Å². The minimum atomic E-state index is -3.58. The molecule has 0 aliphatic rings. The van der Waals surface area contributed by atoms with E-state index in [2.05, 4.69) is 5.32 Å². The minimum absolute atomic E-state index is 0.00533. The predicted octanol–water partition coefficient (Wildman–Crippen LogP) is 2.65. The lowest BCUT2D eigenvalue weighted by molar-refractivity contribution is -0.121. The number of ether oxygens (including phenoxy) is 1. The van der Waals surface area contributed by atoms with Crippen molar-refractivity contribution in [2.75, 3.05) is 23.7 Å². The number of amides is 1. The first-order valence-electron chi connectivity index (χ1n) is 8.56. The van der Waals surface area contributed by atoms with Crippen LogP contribution in [0.4, 0.5) is 5.69 Å². The number of sulfonamides is 1. The van der Waals surface area contributed by atoms with E-state index in [-0.39, 0.29) is 30.3 Å². The molecule has 0 bridgehead atoms. The second kappa shape index (κ2) is 9.08. The van der Waals surface area contributed by atoms with Gasteiger partial charge in [-0.05, 0) is 43.0 Å². The van der Waals surface area contributed by atoms with Crippen LogP contribution in [-0.2, 0) is 14.8 Å². The SMILES string of the molecule is CCOc1ccc(N(CC(=O)NC(C(C)C)C(C)C)S(C)(=O)=O)cc1. The van der Waals surface area contributed by atoms with Gasteiger partial charge in [-0.1, -0.05) is 27.7 Å². The summed E-state index contributed by atoms with van der Waals surface area (Å²) in [6.07, 6.45) is 1.10. The van der Waals surface area contributed by atoms with E-state index in [0.717, 1.165) is 10.6 Å². The minimum Gasteiger partial charge on any atom is -0.494 e. The van der Waals surface area contributed by atoms with Crippen LogP contribution in [0.25, 0.3) is 0 Å². The van der Waals surface area contributed by atoms with Crippen LogP contribution in [-0.4, -0.2) is 39.8 Å². The van der Waals surface area contributed by atoms with Gasteiger partial charge in [0.25, 0.3) is 0 Å². The summed E-state index contributed by atoms with van der Waals surface area (Å²) in [4.78, 5) is 12.4. The van der Waals surface area contributed by atoms with E-state index in [0.29, 0.717) is 18.0 Å². The zero-order valence-electron chi connectivity index (χ0n) is 15.9. The van der Waals surface area contributed by atoms with E-state index in [1.54, 1.807) is 24.3 Å². The largest absolute Gasteiger partial charge is 0.494 e. The van der Waals surface area contributed by atoms with Crippen LogP contribution in [0.1, 0.15) is 34.6 Å². The normalized spacial score (nSPS) is 11.9. The highest BCUT2D eigenvalue weighted by Crippen LogP contribution is 2.21. The van der Waals surface area contributed by atoms with Crippen molar-refractivity contribution in [3.63, 3.8) is 0 Å². The van der Waals surface area contributed by atoms with Crippen molar-refractivity contribution in [1.29, 1.82) is 0 Å². The Balaban J connectivity index is 2.95. The molecule has 6 nitrogen and oxygen atoms in total. The van der Waals surface area contributed by atoms with Crippen molar-refractivity contribution >= 4 is 21.6 Å². The second-order valence-corrected chi connectivity index (χ2v) is 8.68. The van der Waals surface area contributed by atoms with Gasteiger partial charge in [0.05, 0.1) is 18.6 Å². The van der Waals surface area contributed by atoms with E-state index in [1.807, 2.05) is 34.6 Å². The number of nitrogens with zero attached hydrogens (tertiary/aromatic N) is 1. The molecule has 0 atom stereocenters. The van der Waals surface area contributed by atoms with E-state index >= 15 is 0 Å². The molecule has 0 unspecified atom stereocenters. The summed E-state index contributed by atoms with van der Waals surface area (Å²) < 4.78 is 30.8. The van der Waals surface area contributed by atoms with E-state index in [1.165, 1.54) is 0 Å². The highest BCUT2D eigenvalue weighted by molar-refractivity contribution is 7.92. The van der Waals surface area contributed by atoms with Crippen molar-refractivity contribution < 1.29 is 17.9 Å². The molecule has 0 aliphatic carbocycles. The van der Waals surface area contributed by atoms with E-state index < -0.39 is 10.0 Å². The second-order valence-electron chi connectivity index (χ2n) is 6.78. The highest BCUT2D eigenvalue weighted by atomic mass is 32.2. The fourth-order valence-electron chi connectivity index (χ4n) is 2.74. The van der Waals surface area contributed by atoms with Crippen molar-refractivity contribution in [3.8, 4) is 5.75 Å². The summed E-state index contributed by atoms with van der Waals surface area (Å²) >= 11 is 0. The molecule has 0 saturated heterocycles. The van der Waals surface area contributed by atoms with Gasteiger partial charge < -0.3 is 10.1 Å². The van der Waals surface area contributed by atoms with Gasteiger partial charge in [-0.3, -0.25) is 9.10 Å². The van der Waals surface area contributed by atoms with E-state index in [4.69, 9.17) is 4.74 Å². The predicted molar refractivity (Wildman–Crippen MR) is 101 cm³/mol. The maximum Gasteiger partial charge on any atom is 0.241 e. The molecular formula is C18H30N2O4S. The lowest BCUT2D eigenvalue weighted by Gasteiger charge is -2.28. The number of carbonyl (C=O) groups is 1. The Morgan fingerprint density at radius 2 is 1.64 bits per heavy atom. The van der Waals surface area contributed by atoms with Gasteiger partial charge in [-0.15, -0.1) is 0 Å². The number of anilines is 1. The molecule has 0 heterocycles. The zero-order valence-corrected chi connectivity index (χ0v) is 16.8. The first-order valence-corrected chi connectivity index (χ1v) is 10.4. The third kappa shape index (κ3) is 6.57. The number of nitrogens with one attached hydrogen (secondary N) is 1. The summed E-state index contributed by atoms with van der Waals surface area (Å²) in [5.41, 5.74) is 0.437. The van der Waals surface area contributed by atoms with Gasteiger partial charge >= 0.3 is 0 Å². The molecule has 0 saturated carbocycles. The molecule has 25 heavy (non-hydrogen) atoms. The summed E-state index contributed by atoms with van der Waals surface area (Å²) in [6, 6.07) is 6.66. The molecule has 0 aliphatic heterocycles. The Hall–Kier alpha value is -1.76. The molecule has 0 fully saturated rings. The Morgan fingerprint density at radius 3 is 2.04 bits per heavy atom. The maximum absolute atomic E-state index is 12.4. The monoisotopic (exact) mass is 370 g/mol. The third-order valence-electron chi connectivity index (χ3n) is 3.89. The van der Waals surface area contributed by atoms with Crippen LogP contribution in [0, 0.1) is 11.8 Å². The van der Waals surface area contributed by atoms with Gasteiger partial charge in [0.2, 0.25) is 15.9 Å².